The van der Waals surface area contributed by atoms with Crippen LogP contribution in [0.5, 0.6) is 0 Å². The van der Waals surface area contributed by atoms with Crippen LogP contribution >= 0.6 is 0 Å². The van der Waals surface area contributed by atoms with Crippen molar-refractivity contribution in [1.29, 1.82) is 0 Å². The van der Waals surface area contributed by atoms with Crippen LogP contribution < -0.4 is 0 Å². The average molecular weight is 223 g/mol. The lowest BCUT2D eigenvalue weighted by molar-refractivity contribution is 0.151. The van der Waals surface area contributed by atoms with Crippen LogP contribution in [0.1, 0.15) is 43.6 Å². The molecule has 1 aromatic heterocycles. The van der Waals surface area contributed by atoms with E-state index in [9.17, 15) is 5.11 Å². The molecule has 0 radical (unpaired) electrons. The molecule has 16 heavy (non-hydrogen) atoms. The van der Waals surface area contributed by atoms with Gasteiger partial charge in [-0.1, -0.05) is 0 Å². The number of hydrogen-bond acceptors (Lipinski definition) is 5. The van der Waals surface area contributed by atoms with E-state index < -0.39 is 0 Å². The maximum atomic E-state index is 9.24. The monoisotopic (exact) mass is 223 g/mol. The quantitative estimate of drug-likeness (QED) is 0.789. The molecule has 2 aliphatic rings. The molecule has 0 unspecified atom stereocenters. The lowest BCUT2D eigenvalue weighted by Gasteiger charge is -2.23. The first-order valence-corrected chi connectivity index (χ1v) is 5.92. The molecule has 88 valence electrons. The van der Waals surface area contributed by atoms with Crippen molar-refractivity contribution in [2.24, 2.45) is 0 Å². The largest absolute Gasteiger partial charge is 0.395 e. The molecule has 3 rings (SSSR count). The number of likely N-dealkylation sites (tertiary alicyclic amines) is 1. The molecule has 1 saturated carbocycles. The molecule has 6 nitrogen and oxygen atoms in total. The van der Waals surface area contributed by atoms with Crippen molar-refractivity contribution in [2.45, 2.75) is 43.8 Å². The maximum absolute atomic E-state index is 9.24. The Kier molecular flexibility index (Phi) is 2.40. The van der Waals surface area contributed by atoms with Crippen LogP contribution in [0.15, 0.2) is 0 Å². The Bertz CT molecular complexity index is 375. The van der Waals surface area contributed by atoms with Crippen LogP contribution in [-0.4, -0.2) is 49.9 Å². The molecule has 1 saturated heterocycles. The number of aromatic nitrogens is 4. The van der Waals surface area contributed by atoms with Gasteiger partial charge in [-0.15, -0.1) is 5.10 Å². The first-order chi connectivity index (χ1) is 7.81. The van der Waals surface area contributed by atoms with E-state index in [0.717, 1.165) is 18.7 Å². The predicted molar refractivity (Wildman–Crippen MR) is 56.7 cm³/mol. The zero-order chi connectivity index (χ0) is 11.1. The van der Waals surface area contributed by atoms with Crippen LogP contribution in [0.25, 0.3) is 0 Å². The molecule has 0 aromatic carbocycles. The van der Waals surface area contributed by atoms with Gasteiger partial charge in [0.25, 0.3) is 0 Å². The topological polar surface area (TPSA) is 67.1 Å². The summed E-state index contributed by atoms with van der Waals surface area (Å²) in [7, 11) is 2.05. The first kappa shape index (κ1) is 10.2. The van der Waals surface area contributed by atoms with Crippen molar-refractivity contribution >= 4 is 0 Å². The summed E-state index contributed by atoms with van der Waals surface area (Å²) in [6.07, 6.45) is 4.44. The number of rotatable bonds is 3. The smallest absolute Gasteiger partial charge is 0.168 e. The zero-order valence-corrected chi connectivity index (χ0v) is 9.45. The molecule has 0 amide bonds. The highest BCUT2D eigenvalue weighted by atomic mass is 16.3. The Morgan fingerprint density at radius 2 is 2.12 bits per heavy atom. The second-order valence-electron chi connectivity index (χ2n) is 4.81. The number of nitrogens with zero attached hydrogens (tertiary/aromatic N) is 5. The summed E-state index contributed by atoms with van der Waals surface area (Å²) >= 11 is 0. The Morgan fingerprint density at radius 3 is 2.75 bits per heavy atom. The van der Waals surface area contributed by atoms with Crippen molar-refractivity contribution in [3.8, 4) is 0 Å². The van der Waals surface area contributed by atoms with Gasteiger partial charge < -0.3 is 5.11 Å². The van der Waals surface area contributed by atoms with Gasteiger partial charge in [0, 0.05) is 6.04 Å². The first-order valence-electron chi connectivity index (χ1n) is 5.92. The van der Waals surface area contributed by atoms with Gasteiger partial charge in [-0.05, 0) is 43.2 Å². The van der Waals surface area contributed by atoms with Gasteiger partial charge in [0.1, 0.15) is 0 Å². The Labute approximate surface area is 94.2 Å². The summed E-state index contributed by atoms with van der Waals surface area (Å²) < 4.78 is 1.97. The van der Waals surface area contributed by atoms with Crippen LogP contribution in [0.2, 0.25) is 0 Å². The van der Waals surface area contributed by atoms with E-state index in [1.54, 1.807) is 0 Å². The number of aliphatic hydroxyl groups excluding tert-OH is 1. The van der Waals surface area contributed by atoms with Gasteiger partial charge in [-0.3, -0.25) is 4.90 Å². The van der Waals surface area contributed by atoms with Gasteiger partial charge in [0.05, 0.1) is 18.7 Å². The second kappa shape index (κ2) is 3.78. The van der Waals surface area contributed by atoms with Gasteiger partial charge in [-0.2, -0.15) is 0 Å². The van der Waals surface area contributed by atoms with Gasteiger partial charge in [-0.25, -0.2) is 4.68 Å². The summed E-state index contributed by atoms with van der Waals surface area (Å²) in [6, 6.07) is 1.05. The summed E-state index contributed by atoms with van der Waals surface area (Å²) in [5.41, 5.74) is 0. The Balaban J connectivity index is 1.84. The SMILES string of the molecule is CN1[C@H](CO)CC[C@H]1c1nnnn1C1CC1. The van der Waals surface area contributed by atoms with Crippen molar-refractivity contribution in [1.82, 2.24) is 25.1 Å². The number of likely N-dealkylation sites (N-methyl/N-ethyl adjacent to an activating group) is 1. The minimum atomic E-state index is 0.220. The van der Waals surface area contributed by atoms with E-state index in [4.69, 9.17) is 0 Å². The van der Waals surface area contributed by atoms with E-state index in [-0.39, 0.29) is 18.7 Å². The third-order valence-electron chi connectivity index (χ3n) is 3.76. The predicted octanol–water partition coefficient (Wildman–Crippen LogP) is 0.136. The molecule has 1 N–H and O–H groups in total. The minimum Gasteiger partial charge on any atom is -0.395 e. The summed E-state index contributed by atoms with van der Waals surface area (Å²) in [4.78, 5) is 2.20. The van der Waals surface area contributed by atoms with Crippen LogP contribution in [0, 0.1) is 0 Å². The summed E-state index contributed by atoms with van der Waals surface area (Å²) in [6.45, 7) is 0.220. The lowest BCUT2D eigenvalue weighted by atomic mass is 10.2. The molecule has 0 bridgehead atoms. The normalized spacial score (nSPS) is 31.1. The van der Waals surface area contributed by atoms with E-state index in [1.807, 2.05) is 11.7 Å². The Morgan fingerprint density at radius 1 is 1.31 bits per heavy atom. The molecule has 2 fully saturated rings. The fourth-order valence-corrected chi connectivity index (χ4v) is 2.54. The van der Waals surface area contributed by atoms with Crippen molar-refractivity contribution in [3.05, 3.63) is 5.82 Å². The van der Waals surface area contributed by atoms with Crippen molar-refractivity contribution < 1.29 is 5.11 Å². The van der Waals surface area contributed by atoms with Crippen LogP contribution in [0.4, 0.5) is 0 Å². The van der Waals surface area contributed by atoms with Crippen LogP contribution in [-0.2, 0) is 0 Å². The van der Waals surface area contributed by atoms with Gasteiger partial charge in [0.2, 0.25) is 0 Å². The van der Waals surface area contributed by atoms with E-state index in [2.05, 4.69) is 20.4 Å². The zero-order valence-electron chi connectivity index (χ0n) is 9.45. The van der Waals surface area contributed by atoms with Gasteiger partial charge in [0.15, 0.2) is 5.82 Å². The molecule has 2 heterocycles. The summed E-state index contributed by atoms with van der Waals surface area (Å²) in [5.74, 6) is 0.973. The fourth-order valence-electron chi connectivity index (χ4n) is 2.54. The molecule has 0 spiro atoms. The van der Waals surface area contributed by atoms with E-state index in [0.29, 0.717) is 6.04 Å². The Hall–Kier alpha value is -1.01. The fraction of sp³-hybridized carbons (Fsp3) is 0.900. The number of tetrazole rings is 1. The molecule has 1 aromatic rings. The van der Waals surface area contributed by atoms with E-state index >= 15 is 0 Å². The van der Waals surface area contributed by atoms with Crippen molar-refractivity contribution in [3.63, 3.8) is 0 Å². The molecule has 1 aliphatic heterocycles. The highest BCUT2D eigenvalue weighted by Gasteiger charge is 2.37. The average Bonchev–Trinajstić information content (AvgIpc) is 2.91. The number of hydrogen-bond donors (Lipinski definition) is 1. The van der Waals surface area contributed by atoms with Crippen molar-refractivity contribution in [2.75, 3.05) is 13.7 Å². The minimum absolute atomic E-state index is 0.220. The van der Waals surface area contributed by atoms with Crippen LogP contribution in [0.3, 0.4) is 0 Å². The summed E-state index contributed by atoms with van der Waals surface area (Å²) in [5, 5.41) is 21.3. The molecular formula is C10H17N5O. The molecule has 2 atom stereocenters. The number of aliphatic hydroxyl groups is 1. The highest BCUT2D eigenvalue weighted by molar-refractivity contribution is 5.01. The standard InChI is InChI=1S/C10H17N5O/c1-14-8(6-16)4-5-9(14)10-11-12-13-15(10)7-2-3-7/h7-9,16H,2-6H2,1H3/t8-,9-/m0/s1. The molecule has 1 aliphatic carbocycles. The molecule has 6 heteroatoms. The van der Waals surface area contributed by atoms with E-state index in [1.165, 1.54) is 12.8 Å². The van der Waals surface area contributed by atoms with Gasteiger partial charge >= 0.3 is 0 Å². The maximum Gasteiger partial charge on any atom is 0.168 e. The lowest BCUT2D eigenvalue weighted by Crippen LogP contribution is -2.31. The third-order valence-corrected chi connectivity index (χ3v) is 3.76. The third kappa shape index (κ3) is 1.53. The second-order valence-corrected chi connectivity index (χ2v) is 4.81. The molecular weight excluding hydrogens is 206 g/mol. The highest BCUT2D eigenvalue weighted by Crippen LogP contribution is 2.39.